The van der Waals surface area contributed by atoms with Crippen molar-refractivity contribution in [3.8, 4) is 0 Å². The Hall–Kier alpha value is -2.20. The molecule has 24 heavy (non-hydrogen) atoms. The molecule has 0 spiro atoms. The topological polar surface area (TPSA) is 100.0 Å². The number of hydrogen-bond acceptors (Lipinski definition) is 7. The molecule has 0 bridgehead atoms. The number of hydrogen-bond donors (Lipinski definition) is 2. The summed E-state index contributed by atoms with van der Waals surface area (Å²) in [5.74, 6) is -0.876. The van der Waals surface area contributed by atoms with Gasteiger partial charge in [0.1, 0.15) is 5.82 Å². The zero-order valence-electron chi connectivity index (χ0n) is 12.1. The molecule has 0 aromatic heterocycles. The summed E-state index contributed by atoms with van der Waals surface area (Å²) in [6, 6.07) is 5.17. The standard InChI is InChI=1S/C14H11FN4O3S2/c15-8-3-1-7(2-4-8)9(20)5-10-12(22)17-14(24-10)19-18-13-16-11(21)6-23-13/h1-4,10H,5-6H2,(H,16,18,21)(H,17,19,22)/t10-/m1/s1. The molecule has 0 radical (unpaired) electrons. The van der Waals surface area contributed by atoms with E-state index in [0.29, 0.717) is 10.7 Å². The lowest BCUT2D eigenvalue weighted by atomic mass is 10.1. The van der Waals surface area contributed by atoms with E-state index in [-0.39, 0.29) is 34.9 Å². The smallest absolute Gasteiger partial charge is 0.240 e. The second kappa shape index (κ2) is 7.14. The fourth-order valence-electron chi connectivity index (χ4n) is 1.98. The first kappa shape index (κ1) is 16.7. The molecular weight excluding hydrogens is 355 g/mol. The number of halogens is 1. The average molecular weight is 366 g/mol. The molecule has 3 rings (SSSR count). The fourth-order valence-corrected chi connectivity index (χ4v) is 3.52. The number of nitrogens with zero attached hydrogens (tertiary/aromatic N) is 2. The molecule has 2 heterocycles. The van der Waals surface area contributed by atoms with E-state index >= 15 is 0 Å². The molecule has 2 saturated heterocycles. The number of Topliss-reactive ketones (excluding diaryl/α,β-unsaturated/α-hetero) is 1. The van der Waals surface area contributed by atoms with Crippen LogP contribution in [0.2, 0.25) is 0 Å². The molecule has 1 aromatic rings. The molecule has 1 aromatic carbocycles. The van der Waals surface area contributed by atoms with Crippen LogP contribution in [0.4, 0.5) is 4.39 Å². The Bertz CT molecular complexity index is 764. The van der Waals surface area contributed by atoms with Crippen molar-refractivity contribution in [1.82, 2.24) is 10.6 Å². The van der Waals surface area contributed by atoms with Gasteiger partial charge in [0.05, 0.1) is 11.0 Å². The first-order valence-electron chi connectivity index (χ1n) is 6.86. The van der Waals surface area contributed by atoms with Crippen molar-refractivity contribution in [1.29, 1.82) is 0 Å². The number of thioether (sulfide) groups is 2. The third-order valence-electron chi connectivity index (χ3n) is 3.13. The van der Waals surface area contributed by atoms with Crippen LogP contribution in [0.25, 0.3) is 0 Å². The monoisotopic (exact) mass is 366 g/mol. The van der Waals surface area contributed by atoms with Gasteiger partial charge in [0.15, 0.2) is 16.1 Å². The minimum atomic E-state index is -0.618. The van der Waals surface area contributed by atoms with Gasteiger partial charge in [-0.1, -0.05) is 23.5 Å². The lowest BCUT2D eigenvalue weighted by Crippen LogP contribution is -2.26. The highest BCUT2D eigenvalue weighted by molar-refractivity contribution is 8.15. The van der Waals surface area contributed by atoms with Crippen LogP contribution in [0.5, 0.6) is 0 Å². The van der Waals surface area contributed by atoms with E-state index in [2.05, 4.69) is 20.8 Å². The molecule has 0 unspecified atom stereocenters. The van der Waals surface area contributed by atoms with Gasteiger partial charge < -0.3 is 10.6 Å². The summed E-state index contributed by atoms with van der Waals surface area (Å²) in [6.45, 7) is 0. The lowest BCUT2D eigenvalue weighted by molar-refractivity contribution is -0.119. The van der Waals surface area contributed by atoms with Crippen molar-refractivity contribution in [2.24, 2.45) is 10.2 Å². The first-order chi connectivity index (χ1) is 11.5. The van der Waals surface area contributed by atoms with Crippen LogP contribution in [0.15, 0.2) is 34.5 Å². The van der Waals surface area contributed by atoms with Gasteiger partial charge in [-0.25, -0.2) is 4.39 Å². The van der Waals surface area contributed by atoms with Crippen molar-refractivity contribution in [3.63, 3.8) is 0 Å². The van der Waals surface area contributed by atoms with E-state index in [0.717, 1.165) is 11.8 Å². The largest absolute Gasteiger partial charge is 0.303 e. The van der Waals surface area contributed by atoms with E-state index < -0.39 is 11.1 Å². The van der Waals surface area contributed by atoms with Crippen LogP contribution in [-0.4, -0.2) is 38.9 Å². The Balaban J connectivity index is 1.61. The molecule has 0 saturated carbocycles. The minimum Gasteiger partial charge on any atom is -0.303 e. The molecule has 2 fully saturated rings. The van der Waals surface area contributed by atoms with E-state index in [1.54, 1.807) is 0 Å². The molecular formula is C14H11FN4O3S2. The highest BCUT2D eigenvalue weighted by Crippen LogP contribution is 2.24. The Morgan fingerprint density at radius 3 is 2.54 bits per heavy atom. The number of benzene rings is 1. The van der Waals surface area contributed by atoms with E-state index in [4.69, 9.17) is 0 Å². The normalized spacial score (nSPS) is 23.6. The molecule has 10 heteroatoms. The van der Waals surface area contributed by atoms with Gasteiger partial charge in [0, 0.05) is 12.0 Å². The first-order valence-corrected chi connectivity index (χ1v) is 8.72. The highest BCUT2D eigenvalue weighted by Gasteiger charge is 2.32. The maximum Gasteiger partial charge on any atom is 0.240 e. The molecule has 0 aliphatic carbocycles. The fraction of sp³-hybridized carbons (Fsp3) is 0.214. The summed E-state index contributed by atoms with van der Waals surface area (Å²) in [7, 11) is 0. The van der Waals surface area contributed by atoms with Gasteiger partial charge in [-0.15, -0.1) is 10.2 Å². The minimum absolute atomic E-state index is 0.0246. The molecule has 124 valence electrons. The Labute approximate surface area is 144 Å². The molecule has 7 nitrogen and oxygen atoms in total. The maximum atomic E-state index is 12.9. The predicted octanol–water partition coefficient (Wildman–Crippen LogP) is 1.12. The van der Waals surface area contributed by atoms with Crippen molar-refractivity contribution < 1.29 is 18.8 Å². The van der Waals surface area contributed by atoms with Gasteiger partial charge in [0.25, 0.3) is 0 Å². The quantitative estimate of drug-likeness (QED) is 0.614. The summed E-state index contributed by atoms with van der Waals surface area (Å²) in [4.78, 5) is 35.1. The van der Waals surface area contributed by atoms with Crippen molar-refractivity contribution in [3.05, 3.63) is 35.6 Å². The zero-order valence-corrected chi connectivity index (χ0v) is 13.7. The van der Waals surface area contributed by atoms with Crippen molar-refractivity contribution in [2.45, 2.75) is 11.7 Å². The van der Waals surface area contributed by atoms with Crippen molar-refractivity contribution in [2.75, 3.05) is 5.75 Å². The molecule has 1 atom stereocenters. The molecule has 2 amide bonds. The number of carbonyl (C=O) groups is 3. The van der Waals surface area contributed by atoms with Crippen LogP contribution >= 0.6 is 23.5 Å². The van der Waals surface area contributed by atoms with Gasteiger partial charge in [0.2, 0.25) is 11.8 Å². The van der Waals surface area contributed by atoms with Gasteiger partial charge >= 0.3 is 0 Å². The number of ketones is 1. The summed E-state index contributed by atoms with van der Waals surface area (Å²) in [5.41, 5.74) is 0.348. The predicted molar refractivity (Wildman–Crippen MR) is 90.3 cm³/mol. The number of amidine groups is 2. The molecule has 2 N–H and O–H groups in total. The number of rotatable bonds is 4. The van der Waals surface area contributed by atoms with Gasteiger partial charge in [-0.2, -0.15) is 0 Å². The van der Waals surface area contributed by atoms with Gasteiger partial charge in [-0.3, -0.25) is 14.4 Å². The Morgan fingerprint density at radius 1 is 1.17 bits per heavy atom. The van der Waals surface area contributed by atoms with E-state index in [9.17, 15) is 18.8 Å². The number of amides is 2. The number of nitrogens with one attached hydrogen (secondary N) is 2. The van der Waals surface area contributed by atoms with E-state index in [1.807, 2.05) is 0 Å². The van der Waals surface area contributed by atoms with Gasteiger partial charge in [-0.05, 0) is 24.3 Å². The Morgan fingerprint density at radius 2 is 1.88 bits per heavy atom. The van der Waals surface area contributed by atoms with Crippen LogP contribution in [-0.2, 0) is 9.59 Å². The van der Waals surface area contributed by atoms with Crippen LogP contribution in [0.1, 0.15) is 16.8 Å². The molecule has 2 aliphatic heterocycles. The summed E-state index contributed by atoms with van der Waals surface area (Å²) < 4.78 is 12.9. The third kappa shape index (κ3) is 4.01. The second-order valence-corrected chi connectivity index (χ2v) is 7.03. The molecule has 2 aliphatic rings. The van der Waals surface area contributed by atoms with Crippen molar-refractivity contribution >= 4 is 51.5 Å². The summed E-state index contributed by atoms with van der Waals surface area (Å²) in [6.07, 6.45) is -0.0246. The number of carbonyl (C=O) groups excluding carboxylic acids is 3. The highest BCUT2D eigenvalue weighted by atomic mass is 32.2. The third-order valence-corrected chi connectivity index (χ3v) is 5.07. The second-order valence-electron chi connectivity index (χ2n) is 4.88. The van der Waals surface area contributed by atoms with E-state index in [1.165, 1.54) is 36.0 Å². The Kier molecular flexibility index (Phi) is 4.95. The summed E-state index contributed by atoms with van der Waals surface area (Å²) in [5, 5.41) is 12.8. The van der Waals surface area contributed by atoms with Crippen LogP contribution < -0.4 is 10.6 Å². The summed E-state index contributed by atoms with van der Waals surface area (Å²) >= 11 is 2.31. The van der Waals surface area contributed by atoms with Crippen LogP contribution in [0.3, 0.4) is 0 Å². The SMILES string of the molecule is O=C1CS/C(=N/N=C2\NC(=O)[C@@H](CC(=O)c3ccc(F)cc3)S2)N1. The zero-order chi connectivity index (χ0) is 17.1. The lowest BCUT2D eigenvalue weighted by Gasteiger charge is -2.04. The average Bonchev–Trinajstić information content (AvgIpc) is 3.12. The van der Waals surface area contributed by atoms with Crippen LogP contribution in [0, 0.1) is 5.82 Å². The maximum absolute atomic E-state index is 12.9.